The van der Waals surface area contributed by atoms with Crippen LogP contribution in [0, 0.1) is 5.82 Å². The molecule has 2 aliphatic heterocycles. The molecule has 2 aliphatic rings. The molecule has 0 unspecified atom stereocenters. The molecule has 0 saturated carbocycles. The van der Waals surface area contributed by atoms with Crippen LogP contribution in [-0.4, -0.2) is 36.1 Å². The van der Waals surface area contributed by atoms with Gasteiger partial charge in [0, 0.05) is 52.4 Å². The number of nitrogens with zero attached hydrogens (tertiary/aromatic N) is 2. The summed E-state index contributed by atoms with van der Waals surface area (Å²) < 4.78 is 31.9. The highest BCUT2D eigenvalue weighted by molar-refractivity contribution is 6.30. The van der Waals surface area contributed by atoms with Gasteiger partial charge >= 0.3 is 0 Å². The molecule has 0 spiro atoms. The predicted octanol–water partition coefficient (Wildman–Crippen LogP) is 5.89. The molecule has 4 N–H and O–H groups in total. The fourth-order valence-electron chi connectivity index (χ4n) is 4.41. The zero-order chi connectivity index (χ0) is 28.8. The largest absolute Gasteiger partial charge is 0.496 e. The highest BCUT2D eigenvalue weighted by atomic mass is 35.5. The summed E-state index contributed by atoms with van der Waals surface area (Å²) in [5.41, 5.74) is 10.2. The van der Waals surface area contributed by atoms with E-state index < -0.39 is 5.82 Å². The number of nitrogens with one attached hydrogen (secondary N) is 2. The van der Waals surface area contributed by atoms with Crippen LogP contribution in [-0.2, 0) is 18.0 Å². The minimum atomic E-state index is -0.520. The molecule has 41 heavy (non-hydrogen) atoms. The number of benzene rings is 3. The summed E-state index contributed by atoms with van der Waals surface area (Å²) in [5, 5.41) is 6.37. The Labute approximate surface area is 241 Å². The lowest BCUT2D eigenvalue weighted by Gasteiger charge is -2.16. The van der Waals surface area contributed by atoms with Gasteiger partial charge in [0.25, 0.3) is 5.91 Å². The van der Waals surface area contributed by atoms with E-state index in [0.29, 0.717) is 58.8 Å². The van der Waals surface area contributed by atoms with Gasteiger partial charge in [-0.2, -0.15) is 0 Å². The van der Waals surface area contributed by atoms with E-state index in [4.69, 9.17) is 31.5 Å². The summed E-state index contributed by atoms with van der Waals surface area (Å²) in [4.78, 5) is 21.5. The molecule has 9 nitrogen and oxygen atoms in total. The average molecular weight is 578 g/mol. The Balaban J connectivity index is 1.43. The number of fused-ring (bicyclic) bond motifs is 9. The molecule has 3 heterocycles. The number of aromatic nitrogens is 2. The number of hydrogen-bond donors (Lipinski definition) is 3. The quantitative estimate of drug-likeness (QED) is 0.257. The summed E-state index contributed by atoms with van der Waals surface area (Å²) in [5.74, 6) is 0.462. The first kappa shape index (κ1) is 28.1. The van der Waals surface area contributed by atoms with E-state index in [2.05, 4.69) is 20.6 Å². The van der Waals surface area contributed by atoms with Crippen LogP contribution in [0.15, 0.2) is 60.8 Å². The number of nitrogens with two attached hydrogens (primary N) is 1. The molecular formula is C30H29ClFN5O4. The monoisotopic (exact) mass is 577 g/mol. The molecule has 0 radical (unpaired) electrons. The predicted molar refractivity (Wildman–Crippen MR) is 155 cm³/mol. The molecule has 1 aromatic heterocycles. The van der Waals surface area contributed by atoms with Crippen LogP contribution < -0.4 is 25.8 Å². The first-order chi connectivity index (χ1) is 19.9. The first-order valence-electron chi connectivity index (χ1n) is 13.0. The lowest BCUT2D eigenvalue weighted by atomic mass is 10.1. The normalized spacial score (nSPS) is 13.8. The van der Waals surface area contributed by atoms with Crippen LogP contribution in [0.5, 0.6) is 11.5 Å². The van der Waals surface area contributed by atoms with E-state index in [9.17, 15) is 9.18 Å². The Morgan fingerprint density at radius 1 is 1.10 bits per heavy atom. The third-order valence-electron chi connectivity index (χ3n) is 6.53. The van der Waals surface area contributed by atoms with Gasteiger partial charge in [-0.25, -0.2) is 14.4 Å². The second-order valence-corrected chi connectivity index (χ2v) is 9.82. The summed E-state index contributed by atoms with van der Waals surface area (Å²) >= 11 is 5.97. The van der Waals surface area contributed by atoms with Crippen LogP contribution in [0.1, 0.15) is 34.3 Å². The third kappa shape index (κ3) is 6.85. The first-order valence-corrected chi connectivity index (χ1v) is 13.4. The summed E-state index contributed by atoms with van der Waals surface area (Å²) in [6.07, 6.45) is 3.10. The smallest absolute Gasteiger partial charge is 0.251 e. The van der Waals surface area contributed by atoms with Gasteiger partial charge in [-0.3, -0.25) is 4.79 Å². The summed E-state index contributed by atoms with van der Waals surface area (Å²) in [6, 6.07) is 15.1. The van der Waals surface area contributed by atoms with Crippen molar-refractivity contribution in [3.8, 4) is 22.8 Å². The summed E-state index contributed by atoms with van der Waals surface area (Å²) in [6.45, 7) is 1.15. The zero-order valence-electron chi connectivity index (χ0n) is 22.4. The van der Waals surface area contributed by atoms with Crippen molar-refractivity contribution >= 4 is 34.8 Å². The molecule has 0 fully saturated rings. The molecule has 212 valence electrons. The lowest BCUT2D eigenvalue weighted by molar-refractivity contribution is 0.0945. The Morgan fingerprint density at radius 2 is 1.98 bits per heavy atom. The molecule has 0 aliphatic carbocycles. The number of ether oxygens (including phenoxy) is 3. The van der Waals surface area contributed by atoms with Crippen molar-refractivity contribution in [1.82, 2.24) is 15.3 Å². The zero-order valence-corrected chi connectivity index (χ0v) is 23.1. The highest BCUT2D eigenvalue weighted by Crippen LogP contribution is 2.31. The Bertz CT molecular complexity index is 1570. The average Bonchev–Trinajstić information content (AvgIpc) is 2.96. The number of amides is 1. The Kier molecular flexibility index (Phi) is 8.81. The molecule has 11 heteroatoms. The number of anilines is 3. The molecule has 1 amide bonds. The van der Waals surface area contributed by atoms with Crippen molar-refractivity contribution in [2.24, 2.45) is 0 Å². The van der Waals surface area contributed by atoms with Crippen LogP contribution in [0.4, 0.5) is 21.7 Å². The van der Waals surface area contributed by atoms with Crippen molar-refractivity contribution in [3.05, 3.63) is 88.3 Å². The van der Waals surface area contributed by atoms with Crippen LogP contribution >= 0.6 is 11.6 Å². The molecule has 6 bridgehead atoms. The van der Waals surface area contributed by atoms with Gasteiger partial charge in [-0.15, -0.1) is 0 Å². The number of carbonyl (C=O) groups excluding carboxylic acids is 1. The molecule has 4 aromatic rings. The van der Waals surface area contributed by atoms with Gasteiger partial charge in [-0.05, 0) is 67.4 Å². The molecular weight excluding hydrogens is 549 g/mol. The number of hydrogen-bond acceptors (Lipinski definition) is 8. The second kappa shape index (κ2) is 12.8. The van der Waals surface area contributed by atoms with Gasteiger partial charge < -0.3 is 30.6 Å². The maximum absolute atomic E-state index is 14.6. The maximum atomic E-state index is 14.6. The maximum Gasteiger partial charge on any atom is 0.251 e. The van der Waals surface area contributed by atoms with Crippen LogP contribution in [0.3, 0.4) is 0 Å². The Morgan fingerprint density at radius 3 is 2.80 bits per heavy atom. The number of carbonyl (C=O) groups is 1. The van der Waals surface area contributed by atoms with Crippen LogP contribution in [0.2, 0.25) is 5.02 Å². The van der Waals surface area contributed by atoms with Gasteiger partial charge in [-0.1, -0.05) is 11.6 Å². The standard InChI is InChI=1S/C30H29ClFN5O4/c1-39-28-15-20(31)14-24(32)23(28)17-41-27-7-5-21-12-19(27)16-40-11-3-2-9-34-29(38)18-4-6-22(25(33)13-18)26-8-10-35-30(36-21)37-26/h4-8,10,12-15H,2-3,9,11,16-17,33H2,1H3,(H,34,38)(H,35,36,37). The lowest BCUT2D eigenvalue weighted by Crippen LogP contribution is -2.24. The van der Waals surface area contributed by atoms with Gasteiger partial charge in [0.2, 0.25) is 5.95 Å². The second-order valence-electron chi connectivity index (χ2n) is 9.39. The summed E-state index contributed by atoms with van der Waals surface area (Å²) in [7, 11) is 1.45. The van der Waals surface area contributed by atoms with Crippen molar-refractivity contribution in [2.75, 3.05) is 31.3 Å². The van der Waals surface area contributed by atoms with Crippen molar-refractivity contribution in [2.45, 2.75) is 26.1 Å². The SMILES string of the molecule is COc1cc(Cl)cc(F)c1COc1ccc2cc1COCCCCNC(=O)c1ccc(c(N)c1)-c1ccnc(n1)N2. The number of halogens is 2. The van der Waals surface area contributed by atoms with Crippen molar-refractivity contribution in [3.63, 3.8) is 0 Å². The van der Waals surface area contributed by atoms with E-state index >= 15 is 0 Å². The van der Waals surface area contributed by atoms with Gasteiger partial charge in [0.05, 0.1) is 25.0 Å². The van der Waals surface area contributed by atoms with Crippen LogP contribution in [0.25, 0.3) is 11.3 Å². The number of methoxy groups -OCH3 is 1. The minimum absolute atomic E-state index is 0.0725. The number of nitrogen functional groups attached to an aromatic ring is 1. The van der Waals surface area contributed by atoms with E-state index in [1.807, 2.05) is 12.1 Å². The van der Waals surface area contributed by atoms with E-state index in [1.54, 1.807) is 42.6 Å². The van der Waals surface area contributed by atoms with Gasteiger partial charge in [0.15, 0.2) is 0 Å². The molecule has 0 atom stereocenters. The molecule has 6 rings (SSSR count). The van der Waals surface area contributed by atoms with E-state index in [0.717, 1.165) is 18.4 Å². The Hall–Kier alpha value is -4.41. The fraction of sp³-hybridized carbons (Fsp3) is 0.233. The topological polar surface area (TPSA) is 121 Å². The number of rotatable bonds is 4. The minimum Gasteiger partial charge on any atom is -0.496 e. The fourth-order valence-corrected chi connectivity index (χ4v) is 4.61. The molecule has 0 saturated heterocycles. The third-order valence-corrected chi connectivity index (χ3v) is 6.75. The van der Waals surface area contributed by atoms with E-state index in [-0.39, 0.29) is 29.7 Å². The highest BCUT2D eigenvalue weighted by Gasteiger charge is 2.15. The van der Waals surface area contributed by atoms with Crippen molar-refractivity contribution < 1.29 is 23.4 Å². The molecule has 3 aromatic carbocycles. The van der Waals surface area contributed by atoms with E-state index in [1.165, 1.54) is 13.2 Å². The van der Waals surface area contributed by atoms with Crippen molar-refractivity contribution in [1.29, 1.82) is 0 Å². The van der Waals surface area contributed by atoms with Gasteiger partial charge in [0.1, 0.15) is 23.9 Å².